The highest BCUT2D eigenvalue weighted by molar-refractivity contribution is 5.75. The van der Waals surface area contributed by atoms with Crippen LogP contribution >= 0.6 is 0 Å². The van der Waals surface area contributed by atoms with Gasteiger partial charge in [-0.05, 0) is 111 Å². The minimum Gasteiger partial charge on any atom is -0.426 e. The van der Waals surface area contributed by atoms with Crippen LogP contribution in [-0.4, -0.2) is 5.97 Å². The highest BCUT2D eigenvalue weighted by Gasteiger charge is 2.33. The van der Waals surface area contributed by atoms with Gasteiger partial charge in [0.2, 0.25) is 0 Å². The van der Waals surface area contributed by atoms with Gasteiger partial charge in [-0.1, -0.05) is 64.5 Å². The zero-order valence-electron chi connectivity index (χ0n) is 21.4. The number of esters is 1. The number of carbonyl (C=O) groups is 1. The molecule has 0 aromatic heterocycles. The second kappa shape index (κ2) is 12.4. The average Bonchev–Trinajstić information content (AvgIpc) is 2.86. The molecule has 0 aliphatic heterocycles. The maximum atomic E-state index is 12.8. The van der Waals surface area contributed by atoms with E-state index >= 15 is 0 Å². The van der Waals surface area contributed by atoms with Gasteiger partial charge in [-0.25, -0.2) is 0 Å². The zero-order chi connectivity index (χ0) is 23.0. The van der Waals surface area contributed by atoms with Gasteiger partial charge in [0.1, 0.15) is 5.75 Å². The SMILES string of the molecule is CCCC1CCC(c2ccc(OC(=O)C3CCC(C4CCC(CCC)CC4)CC3)cc2)CC1. The summed E-state index contributed by atoms with van der Waals surface area (Å²) in [5, 5.41) is 0. The van der Waals surface area contributed by atoms with Gasteiger partial charge in [-0.2, -0.15) is 0 Å². The van der Waals surface area contributed by atoms with E-state index in [1.165, 1.54) is 95.5 Å². The number of hydrogen-bond donors (Lipinski definition) is 0. The first kappa shape index (κ1) is 24.8. The number of hydrogen-bond acceptors (Lipinski definition) is 2. The van der Waals surface area contributed by atoms with E-state index in [9.17, 15) is 4.79 Å². The highest BCUT2D eigenvalue weighted by atomic mass is 16.5. The van der Waals surface area contributed by atoms with Crippen molar-refractivity contribution in [1.82, 2.24) is 0 Å². The normalized spacial score (nSPS) is 32.9. The minimum absolute atomic E-state index is 0.00734. The lowest BCUT2D eigenvalue weighted by Gasteiger charge is -2.37. The Kier molecular flexibility index (Phi) is 9.33. The Morgan fingerprint density at radius 1 is 0.697 bits per heavy atom. The van der Waals surface area contributed by atoms with E-state index in [0.29, 0.717) is 5.92 Å². The molecule has 1 aromatic rings. The third-order valence-corrected chi connectivity index (χ3v) is 9.47. The van der Waals surface area contributed by atoms with E-state index in [2.05, 4.69) is 26.0 Å². The summed E-state index contributed by atoms with van der Waals surface area (Å²) in [6.07, 6.45) is 21.1. The molecular formula is C31H48O2. The molecule has 0 heterocycles. The third kappa shape index (κ3) is 6.86. The van der Waals surface area contributed by atoms with E-state index in [0.717, 1.165) is 42.3 Å². The number of benzene rings is 1. The van der Waals surface area contributed by atoms with Crippen molar-refractivity contribution < 1.29 is 9.53 Å². The topological polar surface area (TPSA) is 26.3 Å². The Bertz CT molecular complexity index is 699. The molecule has 2 nitrogen and oxygen atoms in total. The predicted molar refractivity (Wildman–Crippen MR) is 137 cm³/mol. The second-order valence-corrected chi connectivity index (χ2v) is 11.7. The van der Waals surface area contributed by atoms with Crippen LogP contribution < -0.4 is 4.74 Å². The average molecular weight is 453 g/mol. The van der Waals surface area contributed by atoms with Gasteiger partial charge in [0.25, 0.3) is 0 Å². The molecule has 0 bridgehead atoms. The molecule has 3 aliphatic carbocycles. The highest BCUT2D eigenvalue weighted by Crippen LogP contribution is 2.42. The number of rotatable bonds is 8. The summed E-state index contributed by atoms with van der Waals surface area (Å²) < 4.78 is 5.83. The van der Waals surface area contributed by atoms with E-state index in [4.69, 9.17) is 4.74 Å². The standard InChI is InChI=1S/C31H48O2/c1-3-5-23-7-11-25(12-8-23)27-15-17-29(18-16-27)31(32)33-30-21-19-28(20-22-30)26-13-9-24(6-4-2)10-14-26/h19-27,29H,3-18H2,1-2H3. The predicted octanol–water partition coefficient (Wildman–Crippen LogP) is 9.08. The summed E-state index contributed by atoms with van der Waals surface area (Å²) in [6, 6.07) is 8.48. The molecule has 0 spiro atoms. The molecule has 0 radical (unpaired) electrons. The molecule has 0 unspecified atom stereocenters. The summed E-state index contributed by atoms with van der Waals surface area (Å²) in [5.74, 6) is 5.23. The summed E-state index contributed by atoms with van der Waals surface area (Å²) in [7, 11) is 0. The van der Waals surface area contributed by atoms with E-state index in [1.807, 2.05) is 12.1 Å². The van der Waals surface area contributed by atoms with Gasteiger partial charge in [0.05, 0.1) is 5.92 Å². The second-order valence-electron chi connectivity index (χ2n) is 11.7. The van der Waals surface area contributed by atoms with Crippen LogP contribution in [0.15, 0.2) is 24.3 Å². The molecule has 0 N–H and O–H groups in total. The first-order valence-corrected chi connectivity index (χ1v) is 14.5. The summed E-state index contributed by atoms with van der Waals surface area (Å²) in [6.45, 7) is 4.62. The van der Waals surface area contributed by atoms with Gasteiger partial charge in [-0.3, -0.25) is 4.79 Å². The van der Waals surface area contributed by atoms with Gasteiger partial charge in [0.15, 0.2) is 0 Å². The first-order valence-electron chi connectivity index (χ1n) is 14.5. The molecule has 2 heteroatoms. The van der Waals surface area contributed by atoms with Crippen molar-refractivity contribution in [1.29, 1.82) is 0 Å². The van der Waals surface area contributed by atoms with Crippen molar-refractivity contribution in [3.8, 4) is 5.75 Å². The lowest BCUT2D eigenvalue weighted by molar-refractivity contribution is -0.140. The van der Waals surface area contributed by atoms with E-state index in [-0.39, 0.29) is 11.9 Å². The lowest BCUT2D eigenvalue weighted by atomic mass is 9.69. The Labute approximate surface area is 203 Å². The van der Waals surface area contributed by atoms with Gasteiger partial charge in [0, 0.05) is 0 Å². The molecule has 1 aromatic carbocycles. The maximum absolute atomic E-state index is 12.8. The van der Waals surface area contributed by atoms with Crippen LogP contribution in [0.25, 0.3) is 0 Å². The molecule has 184 valence electrons. The van der Waals surface area contributed by atoms with Crippen LogP contribution in [0.5, 0.6) is 5.75 Å². The Balaban J connectivity index is 1.19. The maximum Gasteiger partial charge on any atom is 0.314 e. The third-order valence-electron chi connectivity index (χ3n) is 9.47. The van der Waals surface area contributed by atoms with Crippen LogP contribution in [0.1, 0.15) is 128 Å². The summed E-state index contributed by atoms with van der Waals surface area (Å²) in [5.41, 5.74) is 1.43. The fourth-order valence-corrected chi connectivity index (χ4v) is 7.38. The molecule has 3 fully saturated rings. The largest absolute Gasteiger partial charge is 0.426 e. The molecule has 0 saturated heterocycles. The number of carbonyl (C=O) groups excluding carboxylic acids is 1. The minimum atomic E-state index is 0.00734. The summed E-state index contributed by atoms with van der Waals surface area (Å²) >= 11 is 0. The van der Waals surface area contributed by atoms with Crippen molar-refractivity contribution in [3.05, 3.63) is 29.8 Å². The smallest absolute Gasteiger partial charge is 0.314 e. The fraction of sp³-hybridized carbons (Fsp3) is 0.774. The molecule has 3 aliphatic rings. The molecule has 0 atom stereocenters. The Morgan fingerprint density at radius 3 is 1.70 bits per heavy atom. The van der Waals surface area contributed by atoms with Crippen molar-refractivity contribution in [2.24, 2.45) is 29.6 Å². The van der Waals surface area contributed by atoms with Crippen LogP contribution in [0.2, 0.25) is 0 Å². The van der Waals surface area contributed by atoms with Crippen LogP contribution in [-0.2, 0) is 4.79 Å². The van der Waals surface area contributed by atoms with Gasteiger partial charge < -0.3 is 4.74 Å². The monoisotopic (exact) mass is 452 g/mol. The molecular weight excluding hydrogens is 404 g/mol. The van der Waals surface area contributed by atoms with Crippen LogP contribution in [0.3, 0.4) is 0 Å². The quantitative estimate of drug-likeness (QED) is 0.290. The van der Waals surface area contributed by atoms with Crippen molar-refractivity contribution >= 4 is 5.97 Å². The van der Waals surface area contributed by atoms with Crippen molar-refractivity contribution in [2.75, 3.05) is 0 Å². The Morgan fingerprint density at radius 2 is 1.18 bits per heavy atom. The van der Waals surface area contributed by atoms with E-state index in [1.54, 1.807) is 0 Å². The number of ether oxygens (including phenoxy) is 1. The molecule has 0 amide bonds. The van der Waals surface area contributed by atoms with Gasteiger partial charge >= 0.3 is 5.97 Å². The van der Waals surface area contributed by atoms with E-state index < -0.39 is 0 Å². The summed E-state index contributed by atoms with van der Waals surface area (Å²) in [4.78, 5) is 12.8. The van der Waals surface area contributed by atoms with Crippen molar-refractivity contribution in [2.45, 2.75) is 122 Å². The lowest BCUT2D eigenvalue weighted by Crippen LogP contribution is -2.30. The molecule has 33 heavy (non-hydrogen) atoms. The first-order chi connectivity index (χ1) is 16.2. The van der Waals surface area contributed by atoms with Crippen LogP contribution in [0.4, 0.5) is 0 Å². The molecule has 4 rings (SSSR count). The molecule has 3 saturated carbocycles. The van der Waals surface area contributed by atoms with Gasteiger partial charge in [-0.15, -0.1) is 0 Å². The van der Waals surface area contributed by atoms with Crippen molar-refractivity contribution in [3.63, 3.8) is 0 Å². The zero-order valence-corrected chi connectivity index (χ0v) is 21.4. The van der Waals surface area contributed by atoms with Crippen LogP contribution in [0, 0.1) is 29.6 Å². The Hall–Kier alpha value is -1.31. The fourth-order valence-electron chi connectivity index (χ4n) is 7.38.